The van der Waals surface area contributed by atoms with E-state index in [2.05, 4.69) is 42.2 Å². The Labute approximate surface area is 547 Å². The van der Waals surface area contributed by atoms with E-state index < -0.39 is 182 Å². The van der Waals surface area contributed by atoms with E-state index in [1.807, 2.05) is 0 Å². The van der Waals surface area contributed by atoms with Gasteiger partial charge in [0, 0.05) is 71.6 Å². The molecule has 5 rings (SSSR count). The van der Waals surface area contributed by atoms with E-state index in [1.54, 1.807) is 30.3 Å². The molecule has 12 atom stereocenters. The number of aliphatic imine (C=N–C) groups is 1. The Morgan fingerprint density at radius 2 is 1.28 bits per heavy atom. The molecule has 0 aromatic heterocycles. The van der Waals surface area contributed by atoms with Crippen molar-refractivity contribution in [3.05, 3.63) is 65.7 Å². The SMILES string of the molecule is CC(=O)OC[C@H]1O[C@@H](OCC2NC(=O)[C@H](Cc3ccccc3)NC(=O)C(Cc3ccc(O)cc3)NC(=O)CCSSC[C@@H](C(=O)N3CCC[C@H]3C(=O)N[C@H](CCCN=C(N)N)C(=O)NCC(N)=O)NC(=O)C(CC(N)=O)NC2=O)[C@H](OC(C)=O)[C@@H](OC(C)=O)[C@H]1OC(C)=O. The van der Waals surface area contributed by atoms with Gasteiger partial charge in [0.25, 0.3) is 0 Å². The predicted octanol–water partition coefficient (Wildman–Crippen LogP) is -4.51. The highest BCUT2D eigenvalue weighted by molar-refractivity contribution is 8.76. The second kappa shape index (κ2) is 37.4. The second-order valence-electron chi connectivity index (χ2n) is 21.7. The average Bonchev–Trinajstić information content (AvgIpc) is 1.10. The molecule has 3 aliphatic rings. The van der Waals surface area contributed by atoms with Crippen LogP contribution in [0, 0.1) is 0 Å². The van der Waals surface area contributed by atoms with Crippen LogP contribution in [-0.4, -0.2) is 216 Å². The highest BCUT2D eigenvalue weighted by Gasteiger charge is 2.53. The Morgan fingerprint density at radius 3 is 1.89 bits per heavy atom. The molecule has 0 radical (unpaired) electrons. The van der Waals surface area contributed by atoms with Gasteiger partial charge in [0.05, 0.1) is 19.6 Å². The van der Waals surface area contributed by atoms with Crippen LogP contribution in [0.15, 0.2) is 59.6 Å². The van der Waals surface area contributed by atoms with Crippen LogP contribution in [0.25, 0.3) is 0 Å². The van der Waals surface area contributed by atoms with Crippen LogP contribution in [0.2, 0.25) is 0 Å². The summed E-state index contributed by atoms with van der Waals surface area (Å²) in [4.78, 5) is 195. The number of amides is 10. The van der Waals surface area contributed by atoms with E-state index in [-0.39, 0.29) is 81.3 Å². The zero-order valence-electron chi connectivity index (χ0n) is 51.9. The number of esters is 4. The molecule has 514 valence electrons. The number of aromatic hydroxyl groups is 1. The van der Waals surface area contributed by atoms with Crippen LogP contribution in [0.3, 0.4) is 0 Å². The standard InChI is InChI=1S/C58H79N13O21S2/c1-29(72)87-27-43-47(89-30(2)73)48(90-31(3)74)49(91-32(4)75)57(92-43)88-26-40-54(84)68-39(24-44(59)77)53(83)70-41(56(86)71-20-9-13-42(71)55(85)66-36(12-8-19-63-58(61)62)50(80)64-25-45(60)78)28-94-93-21-18-46(79)65-37(23-34-14-16-35(76)17-15-34)51(81)67-38(52(82)69-40)22-33-10-6-5-7-11-33/h5-7,10-11,14-17,36-43,47-49,57,76H,8-9,12-13,18-28H2,1-4H3,(H2,59,77)(H2,60,78)(H,64,80)(H,65,79)(H,66,85)(H,67,81)(H,68,84)(H,69,82)(H,70,83)(H4,61,62,63)/t36-,37?,38+,39?,40?,41+,42+,43-,47+,48+,49-,57-/m1/s1. The van der Waals surface area contributed by atoms with Crippen molar-refractivity contribution in [3.8, 4) is 5.75 Å². The lowest BCUT2D eigenvalue weighted by atomic mass is 9.98. The van der Waals surface area contributed by atoms with E-state index in [1.165, 1.54) is 24.3 Å². The monoisotopic (exact) mass is 1360 g/mol. The van der Waals surface area contributed by atoms with Crippen LogP contribution in [0.4, 0.5) is 0 Å². The third-order valence-corrected chi connectivity index (χ3v) is 16.6. The van der Waals surface area contributed by atoms with Crippen LogP contribution in [0.1, 0.15) is 77.3 Å². The number of rotatable bonds is 24. The molecule has 2 aromatic carbocycles. The van der Waals surface area contributed by atoms with Gasteiger partial charge in [-0.1, -0.05) is 64.1 Å². The maximum atomic E-state index is 15.0. The summed E-state index contributed by atoms with van der Waals surface area (Å²) in [5, 5.41) is 27.8. The highest BCUT2D eigenvalue weighted by atomic mass is 33.1. The molecule has 0 saturated carbocycles. The lowest BCUT2D eigenvalue weighted by Crippen LogP contribution is -2.64. The number of guanidine groups is 1. The number of nitrogens with one attached hydrogen (secondary N) is 7. The van der Waals surface area contributed by atoms with Gasteiger partial charge in [0.2, 0.25) is 59.1 Å². The molecule has 10 amide bonds. The summed E-state index contributed by atoms with van der Waals surface area (Å²) in [7, 11) is 2.06. The number of hydrogen-bond donors (Lipinski definition) is 12. The van der Waals surface area contributed by atoms with E-state index in [9.17, 15) is 62.6 Å². The minimum absolute atomic E-state index is 0.0381. The quantitative estimate of drug-likeness (QED) is 0.0118. The van der Waals surface area contributed by atoms with Gasteiger partial charge in [-0.3, -0.25) is 72.1 Å². The molecule has 0 spiro atoms. The first kappa shape index (κ1) is 75.4. The van der Waals surface area contributed by atoms with Gasteiger partial charge in [-0.15, -0.1) is 0 Å². The first-order valence-corrected chi connectivity index (χ1v) is 32.1. The summed E-state index contributed by atoms with van der Waals surface area (Å²) in [6, 6.07) is 2.68. The van der Waals surface area contributed by atoms with Crippen LogP contribution in [-0.2, 0) is 108 Å². The molecule has 3 aliphatic heterocycles. The number of carbonyl (C=O) groups excluding carboxylic acids is 14. The van der Waals surface area contributed by atoms with Gasteiger partial charge in [-0.2, -0.15) is 0 Å². The van der Waals surface area contributed by atoms with Crippen LogP contribution < -0.4 is 60.2 Å². The maximum Gasteiger partial charge on any atom is 0.303 e. The largest absolute Gasteiger partial charge is 0.508 e. The molecular weight excluding hydrogens is 1280 g/mol. The van der Waals surface area contributed by atoms with E-state index in [0.29, 0.717) is 11.1 Å². The molecule has 3 fully saturated rings. The second-order valence-corrected chi connectivity index (χ2v) is 24.4. The maximum absolute atomic E-state index is 15.0. The molecule has 3 saturated heterocycles. The van der Waals surface area contributed by atoms with Crippen molar-refractivity contribution in [2.45, 2.75) is 152 Å². The zero-order valence-corrected chi connectivity index (χ0v) is 53.5. The van der Waals surface area contributed by atoms with E-state index in [4.69, 9.17) is 51.4 Å². The minimum atomic E-state index is -2.07. The molecule has 16 N–H and O–H groups in total. The van der Waals surface area contributed by atoms with Gasteiger partial charge in [-0.25, -0.2) is 0 Å². The predicted molar refractivity (Wildman–Crippen MR) is 332 cm³/mol. The van der Waals surface area contributed by atoms with Crippen molar-refractivity contribution in [3.63, 3.8) is 0 Å². The van der Waals surface area contributed by atoms with E-state index >= 15 is 9.59 Å². The van der Waals surface area contributed by atoms with Crippen molar-refractivity contribution in [1.82, 2.24) is 42.1 Å². The Kier molecular flexibility index (Phi) is 30.0. The molecule has 3 heterocycles. The molecule has 0 bridgehead atoms. The van der Waals surface area contributed by atoms with Gasteiger partial charge < -0.3 is 98.6 Å². The molecular formula is C58H79N13O21S2. The highest BCUT2D eigenvalue weighted by Crippen LogP contribution is 2.31. The number of hydrogen-bond acceptors (Lipinski definition) is 24. The molecule has 2 aromatic rings. The van der Waals surface area contributed by atoms with Crippen LogP contribution >= 0.6 is 21.6 Å². The smallest absolute Gasteiger partial charge is 0.303 e. The molecule has 3 unspecified atom stereocenters. The number of phenolic OH excluding ortho intramolecular Hbond substituents is 1. The Balaban J connectivity index is 1.59. The third kappa shape index (κ3) is 25.0. The van der Waals surface area contributed by atoms with Crippen molar-refractivity contribution in [2.75, 3.05) is 44.4 Å². The summed E-state index contributed by atoms with van der Waals surface area (Å²) >= 11 is 0. The number of benzene rings is 2. The Morgan fingerprint density at radius 1 is 0.691 bits per heavy atom. The number of nitrogens with two attached hydrogens (primary N) is 4. The van der Waals surface area contributed by atoms with Crippen molar-refractivity contribution < 1.29 is 101 Å². The normalized spacial score (nSPS) is 24.3. The first-order valence-electron chi connectivity index (χ1n) is 29.6. The van der Waals surface area contributed by atoms with Gasteiger partial charge in [0.15, 0.2) is 30.6 Å². The van der Waals surface area contributed by atoms with Gasteiger partial charge in [-0.05, 0) is 48.9 Å². The summed E-state index contributed by atoms with van der Waals surface area (Å²) in [5.74, 6) is -14.2. The van der Waals surface area contributed by atoms with Crippen molar-refractivity contribution in [1.29, 1.82) is 0 Å². The topological polar surface area (TPSA) is 518 Å². The lowest BCUT2D eigenvalue weighted by Gasteiger charge is -2.44. The summed E-state index contributed by atoms with van der Waals surface area (Å²) < 4.78 is 33.9. The Bertz CT molecular complexity index is 3090. The lowest BCUT2D eigenvalue weighted by molar-refractivity contribution is -0.308. The first-order chi connectivity index (χ1) is 44.6. The van der Waals surface area contributed by atoms with Gasteiger partial charge >= 0.3 is 23.9 Å². The molecule has 34 nitrogen and oxygen atoms in total. The number of ether oxygens (including phenoxy) is 6. The van der Waals surface area contributed by atoms with Gasteiger partial charge in [0.1, 0.15) is 60.8 Å². The molecule has 36 heteroatoms. The third-order valence-electron chi connectivity index (χ3n) is 14.2. The Hall–Kier alpha value is -9.29. The number of nitrogens with zero attached hydrogens (tertiary/aromatic N) is 2. The summed E-state index contributed by atoms with van der Waals surface area (Å²) in [5.41, 5.74) is 22.7. The fraction of sp³-hybridized carbons (Fsp3) is 0.534. The summed E-state index contributed by atoms with van der Waals surface area (Å²) in [6.07, 6.45) is -10.1. The fourth-order valence-corrected chi connectivity index (χ4v) is 12.1. The number of likely N-dealkylation sites (tertiary alicyclic amines) is 1. The fourth-order valence-electron chi connectivity index (χ4n) is 9.92. The van der Waals surface area contributed by atoms with Crippen molar-refractivity contribution >= 4 is 110 Å². The van der Waals surface area contributed by atoms with E-state index in [0.717, 1.165) is 54.2 Å². The average molecular weight is 1360 g/mol. The number of phenols is 1. The number of primary amides is 2. The molecule has 0 aliphatic carbocycles. The van der Waals surface area contributed by atoms with Crippen molar-refractivity contribution in [2.24, 2.45) is 27.9 Å². The zero-order chi connectivity index (χ0) is 69.2. The number of carbonyl (C=O) groups is 14. The van der Waals surface area contributed by atoms with Crippen LogP contribution in [0.5, 0.6) is 5.75 Å². The molecule has 94 heavy (non-hydrogen) atoms. The minimum Gasteiger partial charge on any atom is -0.508 e. The summed E-state index contributed by atoms with van der Waals surface area (Å²) in [6.45, 7) is 1.60.